The minimum Gasteiger partial charge on any atom is -0.362 e. The van der Waals surface area contributed by atoms with Gasteiger partial charge >= 0.3 is 0 Å². The summed E-state index contributed by atoms with van der Waals surface area (Å²) in [6, 6.07) is 12.4. The normalized spacial score (nSPS) is 10.5. The van der Waals surface area contributed by atoms with Crippen molar-refractivity contribution in [3.63, 3.8) is 0 Å². The molecule has 0 saturated carbocycles. The summed E-state index contributed by atoms with van der Waals surface area (Å²) in [6.45, 7) is 11.4. The quantitative estimate of drug-likeness (QED) is 0.888. The first-order valence-electron chi connectivity index (χ1n) is 8.10. The molecule has 1 N–H and O–H groups in total. The standard InChI is InChI=1S/C20H26N2O/c1-6-22(18-9-7-8-14(2)12-18)13-19(23)21-20-16(4)10-15(3)11-17(20)5/h7-12H,6,13H2,1-5H3,(H,21,23). The number of rotatable bonds is 5. The van der Waals surface area contributed by atoms with Gasteiger partial charge in [0.25, 0.3) is 0 Å². The highest BCUT2D eigenvalue weighted by atomic mass is 16.2. The van der Waals surface area contributed by atoms with Crippen LogP contribution in [0.25, 0.3) is 0 Å². The third-order valence-corrected chi connectivity index (χ3v) is 4.02. The molecule has 2 aromatic rings. The van der Waals surface area contributed by atoms with Gasteiger partial charge in [-0.15, -0.1) is 0 Å². The largest absolute Gasteiger partial charge is 0.362 e. The fourth-order valence-electron chi connectivity index (χ4n) is 2.94. The summed E-state index contributed by atoms with van der Waals surface area (Å²) in [7, 11) is 0. The van der Waals surface area contributed by atoms with Gasteiger partial charge in [0, 0.05) is 17.9 Å². The minimum absolute atomic E-state index is 0.0170. The molecule has 0 atom stereocenters. The fraction of sp³-hybridized carbons (Fsp3) is 0.350. The maximum atomic E-state index is 12.5. The van der Waals surface area contributed by atoms with Gasteiger partial charge in [0.05, 0.1) is 6.54 Å². The zero-order chi connectivity index (χ0) is 17.0. The van der Waals surface area contributed by atoms with E-state index >= 15 is 0 Å². The van der Waals surface area contributed by atoms with Crippen LogP contribution in [0.3, 0.4) is 0 Å². The zero-order valence-electron chi connectivity index (χ0n) is 14.7. The van der Waals surface area contributed by atoms with Crippen molar-refractivity contribution in [2.24, 2.45) is 0 Å². The van der Waals surface area contributed by atoms with Crippen LogP contribution in [0.5, 0.6) is 0 Å². The van der Waals surface area contributed by atoms with E-state index in [9.17, 15) is 4.79 Å². The van der Waals surface area contributed by atoms with Gasteiger partial charge in [-0.3, -0.25) is 4.79 Å². The van der Waals surface area contributed by atoms with Crippen molar-refractivity contribution in [2.45, 2.75) is 34.6 Å². The molecule has 0 aliphatic rings. The molecule has 0 radical (unpaired) electrons. The summed E-state index contributed by atoms with van der Waals surface area (Å²) in [5.41, 5.74) is 6.64. The summed E-state index contributed by atoms with van der Waals surface area (Å²) in [6.07, 6.45) is 0. The van der Waals surface area contributed by atoms with Crippen LogP contribution in [-0.4, -0.2) is 19.0 Å². The minimum atomic E-state index is 0.0170. The lowest BCUT2D eigenvalue weighted by Crippen LogP contribution is -2.33. The van der Waals surface area contributed by atoms with Crippen molar-refractivity contribution >= 4 is 17.3 Å². The van der Waals surface area contributed by atoms with E-state index in [2.05, 4.69) is 55.3 Å². The number of nitrogens with one attached hydrogen (secondary N) is 1. The number of likely N-dealkylation sites (N-methyl/N-ethyl adjacent to an activating group) is 1. The summed E-state index contributed by atoms with van der Waals surface area (Å²) >= 11 is 0. The number of carbonyl (C=O) groups is 1. The molecule has 122 valence electrons. The van der Waals surface area contributed by atoms with E-state index in [1.54, 1.807) is 0 Å². The van der Waals surface area contributed by atoms with Gasteiger partial charge in [0.1, 0.15) is 0 Å². The molecule has 0 fully saturated rings. The highest BCUT2D eigenvalue weighted by Gasteiger charge is 2.12. The highest BCUT2D eigenvalue weighted by Crippen LogP contribution is 2.22. The Bertz CT molecular complexity index is 684. The van der Waals surface area contributed by atoms with Crippen LogP contribution >= 0.6 is 0 Å². The number of hydrogen-bond acceptors (Lipinski definition) is 2. The Morgan fingerprint density at radius 1 is 1.00 bits per heavy atom. The van der Waals surface area contributed by atoms with Crippen molar-refractivity contribution in [3.8, 4) is 0 Å². The van der Waals surface area contributed by atoms with Gasteiger partial charge in [-0.05, 0) is 63.4 Å². The van der Waals surface area contributed by atoms with Crippen molar-refractivity contribution in [3.05, 3.63) is 58.7 Å². The van der Waals surface area contributed by atoms with Crippen molar-refractivity contribution in [1.29, 1.82) is 0 Å². The van der Waals surface area contributed by atoms with Crippen LogP contribution in [-0.2, 0) is 4.79 Å². The Hall–Kier alpha value is -2.29. The molecule has 23 heavy (non-hydrogen) atoms. The summed E-state index contributed by atoms with van der Waals surface area (Å²) in [5, 5.41) is 3.07. The van der Waals surface area contributed by atoms with Gasteiger partial charge in [-0.25, -0.2) is 0 Å². The second-order valence-electron chi connectivity index (χ2n) is 6.18. The maximum absolute atomic E-state index is 12.5. The number of anilines is 2. The first-order valence-corrected chi connectivity index (χ1v) is 8.10. The molecule has 2 rings (SSSR count). The fourth-order valence-corrected chi connectivity index (χ4v) is 2.94. The molecule has 0 aliphatic carbocycles. The molecule has 0 spiro atoms. The molecule has 3 nitrogen and oxygen atoms in total. The third-order valence-electron chi connectivity index (χ3n) is 4.02. The number of nitrogens with zero attached hydrogens (tertiary/aromatic N) is 1. The molecule has 0 saturated heterocycles. The van der Waals surface area contributed by atoms with Gasteiger partial charge in [-0.2, -0.15) is 0 Å². The first kappa shape index (κ1) is 17.1. The van der Waals surface area contributed by atoms with Crippen molar-refractivity contribution < 1.29 is 4.79 Å². The van der Waals surface area contributed by atoms with Gasteiger partial charge < -0.3 is 10.2 Å². The van der Waals surface area contributed by atoms with E-state index < -0.39 is 0 Å². The Labute approximate surface area is 139 Å². The molecule has 0 bridgehead atoms. The molecular weight excluding hydrogens is 284 g/mol. The second-order valence-corrected chi connectivity index (χ2v) is 6.18. The summed E-state index contributed by atoms with van der Waals surface area (Å²) < 4.78 is 0. The molecule has 0 heterocycles. The zero-order valence-corrected chi connectivity index (χ0v) is 14.7. The molecule has 1 amide bonds. The SMILES string of the molecule is CCN(CC(=O)Nc1c(C)cc(C)cc1C)c1cccc(C)c1. The Morgan fingerprint density at radius 3 is 2.22 bits per heavy atom. The number of amides is 1. The van der Waals surface area contributed by atoms with E-state index in [4.69, 9.17) is 0 Å². The number of benzene rings is 2. The van der Waals surface area contributed by atoms with E-state index in [0.717, 1.165) is 29.0 Å². The van der Waals surface area contributed by atoms with E-state index in [-0.39, 0.29) is 5.91 Å². The third kappa shape index (κ3) is 4.35. The van der Waals surface area contributed by atoms with Crippen LogP contribution in [0.4, 0.5) is 11.4 Å². The highest BCUT2D eigenvalue weighted by molar-refractivity contribution is 5.95. The molecule has 3 heteroatoms. The van der Waals surface area contributed by atoms with Crippen LogP contribution in [0.2, 0.25) is 0 Å². The van der Waals surface area contributed by atoms with Gasteiger partial charge in [0.15, 0.2) is 0 Å². The second kappa shape index (κ2) is 7.32. The number of carbonyl (C=O) groups excluding carboxylic acids is 1. The summed E-state index contributed by atoms with van der Waals surface area (Å²) in [4.78, 5) is 14.6. The van der Waals surface area contributed by atoms with Crippen molar-refractivity contribution in [2.75, 3.05) is 23.3 Å². The monoisotopic (exact) mass is 310 g/mol. The number of hydrogen-bond donors (Lipinski definition) is 1. The van der Waals surface area contributed by atoms with Crippen molar-refractivity contribution in [1.82, 2.24) is 0 Å². The molecule has 0 aromatic heterocycles. The lowest BCUT2D eigenvalue weighted by Gasteiger charge is -2.23. The lowest BCUT2D eigenvalue weighted by atomic mass is 10.1. The predicted molar refractivity (Wildman–Crippen MR) is 98.3 cm³/mol. The first-order chi connectivity index (χ1) is 10.9. The molecule has 0 aliphatic heterocycles. The van der Waals surface area contributed by atoms with Gasteiger partial charge in [0.2, 0.25) is 5.91 Å². The average molecular weight is 310 g/mol. The van der Waals surface area contributed by atoms with Crippen LogP contribution in [0.15, 0.2) is 36.4 Å². The van der Waals surface area contributed by atoms with Crippen LogP contribution < -0.4 is 10.2 Å². The Kier molecular flexibility index (Phi) is 5.43. The van der Waals surface area contributed by atoms with Crippen LogP contribution in [0.1, 0.15) is 29.2 Å². The molecular formula is C20H26N2O. The number of aryl methyl sites for hydroxylation is 4. The smallest absolute Gasteiger partial charge is 0.243 e. The average Bonchev–Trinajstić information content (AvgIpc) is 2.48. The maximum Gasteiger partial charge on any atom is 0.243 e. The van der Waals surface area contributed by atoms with Crippen LogP contribution in [0, 0.1) is 27.7 Å². The topological polar surface area (TPSA) is 32.3 Å². The Balaban J connectivity index is 2.12. The summed E-state index contributed by atoms with van der Waals surface area (Å²) in [5.74, 6) is 0.0170. The lowest BCUT2D eigenvalue weighted by molar-refractivity contribution is -0.115. The Morgan fingerprint density at radius 2 is 1.65 bits per heavy atom. The van der Waals surface area contributed by atoms with E-state index in [1.165, 1.54) is 11.1 Å². The van der Waals surface area contributed by atoms with Gasteiger partial charge in [-0.1, -0.05) is 29.8 Å². The molecule has 0 unspecified atom stereocenters. The van der Waals surface area contributed by atoms with E-state index in [1.807, 2.05) is 26.0 Å². The molecule has 2 aromatic carbocycles. The predicted octanol–water partition coefficient (Wildman–Crippen LogP) is 4.39. The van der Waals surface area contributed by atoms with E-state index in [0.29, 0.717) is 6.54 Å².